The van der Waals surface area contributed by atoms with Crippen molar-refractivity contribution in [3.63, 3.8) is 0 Å². The molecule has 2 fully saturated rings. The van der Waals surface area contributed by atoms with E-state index in [2.05, 4.69) is 39.7 Å². The number of hydrogen-bond acceptors (Lipinski definition) is 10. The van der Waals surface area contributed by atoms with Gasteiger partial charge < -0.3 is 36.1 Å². The Hall–Kier alpha value is -2.76. The van der Waals surface area contributed by atoms with Gasteiger partial charge in [-0.25, -0.2) is 0 Å². The van der Waals surface area contributed by atoms with E-state index in [0.29, 0.717) is 70.4 Å². The second kappa shape index (κ2) is 23.7. The Balaban J connectivity index is 0.00000151. The van der Waals surface area contributed by atoms with Crippen LogP contribution in [0.25, 0.3) is 0 Å². The molecular weight excluding hydrogens is 544 g/mol. The molecular formula is C32H58N8O3. The van der Waals surface area contributed by atoms with Crippen LogP contribution in [0.3, 0.4) is 0 Å². The maximum Gasteiger partial charge on any atom is 0.231 e. The number of hydrogen-bond donors (Lipinski definition) is 4. The van der Waals surface area contributed by atoms with Crippen LogP contribution in [-0.2, 0) is 14.3 Å². The molecule has 1 aromatic rings. The number of aromatic nitrogens is 3. The third-order valence-corrected chi connectivity index (χ3v) is 7.35. The third-order valence-electron chi connectivity index (χ3n) is 7.35. The summed E-state index contributed by atoms with van der Waals surface area (Å²) in [5.74, 6) is 1.93. The van der Waals surface area contributed by atoms with Gasteiger partial charge in [0.05, 0.1) is 32.8 Å². The topological polar surface area (TPSA) is 140 Å². The minimum absolute atomic E-state index is 0.0363. The fourth-order valence-electron chi connectivity index (χ4n) is 4.71. The van der Waals surface area contributed by atoms with Gasteiger partial charge in [0.2, 0.25) is 23.8 Å². The quantitative estimate of drug-likeness (QED) is 0.137. The number of ether oxygens (including phenoxy) is 2. The van der Waals surface area contributed by atoms with Gasteiger partial charge in [-0.3, -0.25) is 4.79 Å². The minimum Gasteiger partial charge on any atom is -0.378 e. The molecule has 11 heteroatoms. The molecule has 0 aromatic carbocycles. The van der Waals surface area contributed by atoms with E-state index in [0.717, 1.165) is 37.5 Å². The Labute approximate surface area is 259 Å². The Morgan fingerprint density at radius 2 is 1.60 bits per heavy atom. The number of nitrogens with one attached hydrogen (secondary N) is 3. The van der Waals surface area contributed by atoms with Crippen LogP contribution in [0.4, 0.5) is 17.8 Å². The Morgan fingerprint density at radius 3 is 2.28 bits per heavy atom. The molecule has 1 amide bonds. The summed E-state index contributed by atoms with van der Waals surface area (Å²) in [4.78, 5) is 28.7. The first-order chi connectivity index (χ1) is 21.1. The zero-order valence-corrected chi connectivity index (χ0v) is 27.0. The van der Waals surface area contributed by atoms with Crippen LogP contribution in [0.1, 0.15) is 91.4 Å². The summed E-state index contributed by atoms with van der Waals surface area (Å²) in [6.45, 7) is 11.8. The number of carbonyl (C=O) groups is 1. The van der Waals surface area contributed by atoms with Crippen LogP contribution in [0.2, 0.25) is 0 Å². The van der Waals surface area contributed by atoms with E-state index in [1.54, 1.807) is 0 Å². The van der Waals surface area contributed by atoms with Crippen molar-refractivity contribution in [3.05, 3.63) is 23.8 Å². The van der Waals surface area contributed by atoms with Crippen molar-refractivity contribution in [2.45, 2.75) is 97.4 Å². The molecule has 0 spiro atoms. The van der Waals surface area contributed by atoms with Crippen molar-refractivity contribution in [1.29, 1.82) is 0 Å². The summed E-state index contributed by atoms with van der Waals surface area (Å²) in [5.41, 5.74) is 6.31. The Morgan fingerprint density at radius 1 is 0.930 bits per heavy atom. The van der Waals surface area contributed by atoms with Gasteiger partial charge in [-0.05, 0) is 44.6 Å². The van der Waals surface area contributed by atoms with E-state index in [4.69, 9.17) is 25.2 Å². The van der Waals surface area contributed by atoms with Gasteiger partial charge in [-0.15, -0.1) is 0 Å². The number of amides is 1. The summed E-state index contributed by atoms with van der Waals surface area (Å²) in [6, 6.07) is 0.424. The average Bonchev–Trinajstić information content (AvgIpc) is 3.04. The number of nitrogens with zero attached hydrogens (tertiary/aromatic N) is 4. The lowest BCUT2D eigenvalue weighted by Crippen LogP contribution is -2.32. The molecule has 1 saturated carbocycles. The highest BCUT2D eigenvalue weighted by Crippen LogP contribution is 2.23. The fourth-order valence-corrected chi connectivity index (χ4v) is 4.71. The maximum atomic E-state index is 12.3. The average molecular weight is 603 g/mol. The second-order valence-corrected chi connectivity index (χ2v) is 11.0. The molecule has 0 radical (unpaired) electrons. The van der Waals surface area contributed by atoms with E-state index in [1.807, 2.05) is 25.2 Å². The van der Waals surface area contributed by atoms with Crippen LogP contribution in [0, 0.1) is 0 Å². The predicted octanol–water partition coefficient (Wildman–Crippen LogP) is 4.83. The molecule has 2 heterocycles. The zero-order valence-electron chi connectivity index (χ0n) is 27.0. The highest BCUT2D eigenvalue weighted by molar-refractivity contribution is 5.79. The van der Waals surface area contributed by atoms with Crippen LogP contribution in [0.5, 0.6) is 0 Å². The normalized spacial score (nSPS) is 16.1. The Kier molecular flexibility index (Phi) is 20.1. The molecule has 1 aromatic heterocycles. The van der Waals surface area contributed by atoms with Gasteiger partial charge in [-0.2, -0.15) is 15.0 Å². The SMILES string of the molecule is C/C=C(\C=C/CNc1nc(NC2CCCCC2)nc(N2CCCCC2)n1)CC(=O)NCCOCCOCCN.CCCC. The molecule has 0 bridgehead atoms. The van der Waals surface area contributed by atoms with Gasteiger partial charge in [-0.1, -0.05) is 64.2 Å². The van der Waals surface area contributed by atoms with E-state index < -0.39 is 0 Å². The molecule has 1 saturated heterocycles. The van der Waals surface area contributed by atoms with E-state index >= 15 is 0 Å². The van der Waals surface area contributed by atoms with Crippen molar-refractivity contribution in [1.82, 2.24) is 20.3 Å². The minimum atomic E-state index is -0.0363. The van der Waals surface area contributed by atoms with Crippen LogP contribution in [0.15, 0.2) is 23.8 Å². The lowest BCUT2D eigenvalue weighted by atomic mass is 9.96. The van der Waals surface area contributed by atoms with Gasteiger partial charge in [0, 0.05) is 38.8 Å². The number of rotatable bonds is 18. The molecule has 0 unspecified atom stereocenters. The zero-order chi connectivity index (χ0) is 31.0. The molecule has 2 aliphatic rings. The summed E-state index contributed by atoms with van der Waals surface area (Å²) in [5, 5.41) is 9.77. The van der Waals surface area contributed by atoms with Gasteiger partial charge in [0.1, 0.15) is 0 Å². The highest BCUT2D eigenvalue weighted by atomic mass is 16.5. The number of anilines is 3. The van der Waals surface area contributed by atoms with Gasteiger partial charge >= 0.3 is 0 Å². The first kappa shape index (κ1) is 36.4. The molecule has 1 aliphatic heterocycles. The number of unbranched alkanes of at least 4 members (excludes halogenated alkanes) is 1. The molecule has 11 nitrogen and oxygen atoms in total. The predicted molar refractivity (Wildman–Crippen MR) is 177 cm³/mol. The van der Waals surface area contributed by atoms with Crippen molar-refractivity contribution in [2.24, 2.45) is 5.73 Å². The third kappa shape index (κ3) is 16.6. The first-order valence-electron chi connectivity index (χ1n) is 16.5. The largest absolute Gasteiger partial charge is 0.378 e. The Bertz CT molecular complexity index is 929. The van der Waals surface area contributed by atoms with Crippen molar-refractivity contribution in [2.75, 3.05) is 74.7 Å². The first-order valence-corrected chi connectivity index (χ1v) is 16.5. The molecule has 3 rings (SSSR count). The van der Waals surface area contributed by atoms with Gasteiger partial charge in [0.25, 0.3) is 0 Å². The number of piperidine rings is 1. The summed E-state index contributed by atoms with van der Waals surface area (Å²) in [7, 11) is 0. The molecule has 0 atom stereocenters. The lowest BCUT2D eigenvalue weighted by Gasteiger charge is -2.28. The van der Waals surface area contributed by atoms with E-state index in [-0.39, 0.29) is 5.91 Å². The van der Waals surface area contributed by atoms with Crippen LogP contribution >= 0.6 is 0 Å². The fraction of sp³-hybridized carbons (Fsp3) is 0.750. The van der Waals surface area contributed by atoms with Crippen molar-refractivity contribution in [3.8, 4) is 0 Å². The van der Waals surface area contributed by atoms with Crippen molar-refractivity contribution < 1.29 is 14.3 Å². The highest BCUT2D eigenvalue weighted by Gasteiger charge is 2.19. The molecule has 43 heavy (non-hydrogen) atoms. The standard InChI is InChI=1S/C28H48N8O3.C4H10/c1-2-23(22-25(37)30-15-19-39-21-20-38-18-13-29)10-9-14-31-26-33-27(32-24-11-5-3-6-12-24)35-28(34-26)36-16-7-4-8-17-36;1-3-4-2/h2,9-10,24H,3-8,11-22,29H2,1H3,(H,30,37)(H2,31,32,33,34,35);3-4H2,1-2H3/b10-9-,23-2+;. The molecule has 244 valence electrons. The van der Waals surface area contributed by atoms with Crippen molar-refractivity contribution >= 4 is 23.8 Å². The molecule has 5 N–H and O–H groups in total. The second-order valence-electron chi connectivity index (χ2n) is 11.0. The number of carbonyl (C=O) groups excluding carboxylic acids is 1. The number of nitrogens with two attached hydrogens (primary N) is 1. The monoisotopic (exact) mass is 602 g/mol. The van der Waals surface area contributed by atoms with Gasteiger partial charge in [0.15, 0.2) is 0 Å². The summed E-state index contributed by atoms with van der Waals surface area (Å²) in [6.07, 6.45) is 18.6. The van der Waals surface area contributed by atoms with Crippen LogP contribution < -0.4 is 26.6 Å². The van der Waals surface area contributed by atoms with E-state index in [9.17, 15) is 4.79 Å². The smallest absolute Gasteiger partial charge is 0.231 e. The summed E-state index contributed by atoms with van der Waals surface area (Å²) < 4.78 is 10.7. The number of allylic oxidation sites excluding steroid dienone is 2. The lowest BCUT2D eigenvalue weighted by molar-refractivity contribution is -0.120. The molecule has 1 aliphatic carbocycles. The maximum absolute atomic E-state index is 12.3. The summed E-state index contributed by atoms with van der Waals surface area (Å²) >= 11 is 0. The van der Waals surface area contributed by atoms with E-state index in [1.165, 1.54) is 51.4 Å². The van der Waals surface area contributed by atoms with Crippen LogP contribution in [-0.4, -0.2) is 86.1 Å².